The second kappa shape index (κ2) is 8.18. The number of hydrogen-bond donors (Lipinski definition) is 3. The van der Waals surface area contributed by atoms with Crippen molar-refractivity contribution in [2.75, 3.05) is 0 Å². The Morgan fingerprint density at radius 1 is 1.31 bits per heavy atom. The van der Waals surface area contributed by atoms with Gasteiger partial charge in [-0.1, -0.05) is 6.07 Å². The van der Waals surface area contributed by atoms with E-state index in [2.05, 4.69) is 9.88 Å². The quantitative estimate of drug-likeness (QED) is 0.558. The van der Waals surface area contributed by atoms with Gasteiger partial charge in [-0.3, -0.25) is 14.9 Å². The van der Waals surface area contributed by atoms with Crippen LogP contribution in [0, 0.1) is 6.92 Å². The van der Waals surface area contributed by atoms with Crippen molar-refractivity contribution in [1.82, 2.24) is 19.4 Å². The number of carboxylic acids is 1. The smallest absolute Gasteiger partial charge is 0.323 e. The number of pyridine rings is 1. The van der Waals surface area contributed by atoms with E-state index < -0.39 is 18.1 Å². The minimum Gasteiger partial charge on any atom is -0.480 e. The van der Waals surface area contributed by atoms with E-state index in [1.807, 2.05) is 31.2 Å². The Bertz CT molecular complexity index is 1090. The van der Waals surface area contributed by atoms with Gasteiger partial charge in [0.25, 0.3) is 5.56 Å². The summed E-state index contributed by atoms with van der Waals surface area (Å²) in [5.74, 6) is -0.317. The summed E-state index contributed by atoms with van der Waals surface area (Å²) in [4.78, 5) is 28.0. The molecular formula is C21H26N4O4. The number of rotatable bonds is 7. The van der Waals surface area contributed by atoms with E-state index in [0.717, 1.165) is 28.0 Å². The number of imidazole rings is 1. The fourth-order valence-corrected chi connectivity index (χ4v) is 3.52. The molecule has 0 amide bonds. The third-order valence-corrected chi connectivity index (χ3v) is 5.02. The van der Waals surface area contributed by atoms with Gasteiger partial charge in [0.05, 0.1) is 17.1 Å². The Hall–Kier alpha value is -2.97. The summed E-state index contributed by atoms with van der Waals surface area (Å²) in [5, 5.41) is 21.7. The van der Waals surface area contributed by atoms with Gasteiger partial charge in [-0.05, 0) is 44.5 Å². The van der Waals surface area contributed by atoms with Gasteiger partial charge in [0, 0.05) is 37.5 Å². The first-order valence-electron chi connectivity index (χ1n) is 9.54. The van der Waals surface area contributed by atoms with Crippen LogP contribution in [0.15, 0.2) is 35.3 Å². The summed E-state index contributed by atoms with van der Waals surface area (Å²) in [5.41, 5.74) is 4.10. The Kier molecular flexibility index (Phi) is 5.86. The molecule has 0 aliphatic rings. The van der Waals surface area contributed by atoms with Crippen molar-refractivity contribution < 1.29 is 15.0 Å². The molecule has 0 fully saturated rings. The molecule has 2 atom stereocenters. The van der Waals surface area contributed by atoms with E-state index >= 15 is 0 Å². The highest BCUT2D eigenvalue weighted by molar-refractivity contribution is 5.81. The molecule has 0 bridgehead atoms. The predicted molar refractivity (Wildman–Crippen MR) is 111 cm³/mol. The topological polar surface area (TPSA) is 109 Å². The average molecular weight is 398 g/mol. The second-order valence-electron chi connectivity index (χ2n) is 7.27. The van der Waals surface area contributed by atoms with Crippen molar-refractivity contribution in [2.45, 2.75) is 46.0 Å². The third kappa shape index (κ3) is 4.08. The number of aryl methyl sites for hydroxylation is 3. The molecule has 0 saturated carbocycles. The van der Waals surface area contributed by atoms with E-state index in [0.29, 0.717) is 18.7 Å². The fraction of sp³-hybridized carbons (Fsp3) is 0.381. The van der Waals surface area contributed by atoms with Crippen LogP contribution < -0.4 is 10.9 Å². The zero-order valence-electron chi connectivity index (χ0n) is 17.0. The highest BCUT2D eigenvalue weighted by Crippen LogP contribution is 2.25. The van der Waals surface area contributed by atoms with Crippen molar-refractivity contribution in [1.29, 1.82) is 0 Å². The first kappa shape index (κ1) is 20.8. The van der Waals surface area contributed by atoms with Gasteiger partial charge in [-0.25, -0.2) is 4.98 Å². The highest BCUT2D eigenvalue weighted by atomic mass is 16.4. The Morgan fingerprint density at radius 2 is 2.03 bits per heavy atom. The maximum Gasteiger partial charge on any atom is 0.323 e. The summed E-state index contributed by atoms with van der Waals surface area (Å²) in [6.07, 6.45) is 0.778. The molecule has 3 aromatic rings. The van der Waals surface area contributed by atoms with Crippen molar-refractivity contribution in [2.24, 2.45) is 7.05 Å². The van der Waals surface area contributed by atoms with Gasteiger partial charge in [0.2, 0.25) is 0 Å². The van der Waals surface area contributed by atoms with Gasteiger partial charge in [0.15, 0.2) is 0 Å². The summed E-state index contributed by atoms with van der Waals surface area (Å²) < 4.78 is 3.64. The number of carbonyl (C=O) groups is 1. The molecule has 29 heavy (non-hydrogen) atoms. The summed E-state index contributed by atoms with van der Waals surface area (Å²) in [6, 6.07) is 6.59. The van der Waals surface area contributed by atoms with Crippen molar-refractivity contribution >= 4 is 17.0 Å². The lowest BCUT2D eigenvalue weighted by Gasteiger charge is -2.17. The fourth-order valence-electron chi connectivity index (χ4n) is 3.52. The normalized spacial score (nSPS) is 13.6. The molecule has 2 aromatic heterocycles. The molecule has 0 saturated heterocycles. The number of aromatic nitrogens is 3. The van der Waals surface area contributed by atoms with Crippen molar-refractivity contribution in [3.05, 3.63) is 51.9 Å². The Morgan fingerprint density at radius 3 is 2.62 bits per heavy atom. The molecule has 3 N–H and O–H groups in total. The van der Waals surface area contributed by atoms with Gasteiger partial charge >= 0.3 is 5.97 Å². The number of aliphatic hydroxyl groups is 1. The van der Waals surface area contributed by atoms with Crippen LogP contribution in [-0.4, -0.2) is 42.4 Å². The van der Waals surface area contributed by atoms with Crippen LogP contribution in [0.3, 0.4) is 0 Å². The molecule has 2 unspecified atom stereocenters. The summed E-state index contributed by atoms with van der Waals surface area (Å²) in [7, 11) is 1.72. The molecule has 8 heteroatoms. The average Bonchev–Trinajstić information content (AvgIpc) is 3.03. The first-order chi connectivity index (χ1) is 13.7. The van der Waals surface area contributed by atoms with Crippen LogP contribution in [0.25, 0.3) is 22.4 Å². The molecule has 3 rings (SSSR count). The molecule has 1 aromatic carbocycles. The van der Waals surface area contributed by atoms with Crippen LogP contribution in [0.5, 0.6) is 0 Å². The van der Waals surface area contributed by atoms with Crippen molar-refractivity contribution in [3.8, 4) is 11.4 Å². The SMILES string of the molecule is CCn1c(-c2cc(C)c(=O)n(C)c2)nc2cc(CNC(C(=O)O)C(C)O)ccc21. The number of aliphatic carboxylic acids is 1. The number of fused-ring (bicyclic) bond motifs is 1. The zero-order chi connectivity index (χ0) is 21.3. The molecule has 0 spiro atoms. The predicted octanol–water partition coefficient (Wildman–Crippen LogP) is 1.65. The molecular weight excluding hydrogens is 372 g/mol. The minimum absolute atomic E-state index is 0.0348. The van der Waals surface area contributed by atoms with E-state index in [9.17, 15) is 19.8 Å². The number of aliphatic hydroxyl groups excluding tert-OH is 1. The Balaban J connectivity index is 1.98. The van der Waals surface area contributed by atoms with Crippen LogP contribution in [-0.2, 0) is 24.9 Å². The number of nitrogens with one attached hydrogen (secondary N) is 1. The van der Waals surface area contributed by atoms with E-state index in [-0.39, 0.29) is 5.56 Å². The number of hydrogen-bond acceptors (Lipinski definition) is 5. The summed E-state index contributed by atoms with van der Waals surface area (Å²) in [6.45, 7) is 6.28. The molecule has 0 radical (unpaired) electrons. The number of carboxylic acid groups (broad SMARTS) is 1. The van der Waals surface area contributed by atoms with Gasteiger partial charge in [0.1, 0.15) is 11.9 Å². The zero-order valence-corrected chi connectivity index (χ0v) is 17.0. The second-order valence-corrected chi connectivity index (χ2v) is 7.27. The van der Waals surface area contributed by atoms with E-state index in [4.69, 9.17) is 4.98 Å². The van der Waals surface area contributed by atoms with E-state index in [1.54, 1.807) is 24.7 Å². The van der Waals surface area contributed by atoms with Crippen LogP contribution in [0.2, 0.25) is 0 Å². The van der Waals surface area contributed by atoms with Crippen LogP contribution >= 0.6 is 0 Å². The maximum atomic E-state index is 12.0. The van der Waals surface area contributed by atoms with Crippen LogP contribution in [0.4, 0.5) is 0 Å². The lowest BCUT2D eigenvalue weighted by molar-refractivity contribution is -0.142. The molecule has 0 aliphatic carbocycles. The van der Waals surface area contributed by atoms with Gasteiger partial charge < -0.3 is 19.3 Å². The third-order valence-electron chi connectivity index (χ3n) is 5.02. The minimum atomic E-state index is -1.09. The lowest BCUT2D eigenvalue weighted by Crippen LogP contribution is -2.44. The monoisotopic (exact) mass is 398 g/mol. The molecule has 8 nitrogen and oxygen atoms in total. The summed E-state index contributed by atoms with van der Waals surface area (Å²) >= 11 is 0. The first-order valence-corrected chi connectivity index (χ1v) is 9.54. The molecule has 0 aliphatic heterocycles. The van der Waals surface area contributed by atoms with Crippen LogP contribution in [0.1, 0.15) is 25.0 Å². The van der Waals surface area contributed by atoms with Crippen molar-refractivity contribution in [3.63, 3.8) is 0 Å². The largest absolute Gasteiger partial charge is 0.480 e. The van der Waals surface area contributed by atoms with Gasteiger partial charge in [-0.15, -0.1) is 0 Å². The Labute approximate surface area is 168 Å². The van der Waals surface area contributed by atoms with E-state index in [1.165, 1.54) is 6.92 Å². The maximum absolute atomic E-state index is 12.0. The number of benzene rings is 1. The van der Waals surface area contributed by atoms with Gasteiger partial charge in [-0.2, -0.15) is 0 Å². The number of nitrogens with zero attached hydrogens (tertiary/aromatic N) is 3. The lowest BCUT2D eigenvalue weighted by atomic mass is 10.1. The molecule has 154 valence electrons. The molecule has 2 heterocycles. The standard InChI is InChI=1S/C21H26N4O4/c1-5-25-17-7-6-14(10-22-18(13(3)26)21(28)29)9-16(17)23-19(25)15-8-12(2)20(27)24(4)11-15/h6-9,11,13,18,22,26H,5,10H2,1-4H3,(H,28,29). The highest BCUT2D eigenvalue weighted by Gasteiger charge is 2.22.